The summed E-state index contributed by atoms with van der Waals surface area (Å²) in [5.41, 5.74) is 0.635. The highest BCUT2D eigenvalue weighted by Crippen LogP contribution is 2.20. The number of likely N-dealkylation sites (tertiary alicyclic amines) is 1. The quantitative estimate of drug-likeness (QED) is 0.769. The maximum Gasteiger partial charge on any atom is 0.119 e. The number of aliphatic hydroxyl groups is 1. The minimum Gasteiger partial charge on any atom is -0.494 e. The molecule has 0 radical (unpaired) electrons. The van der Waals surface area contributed by atoms with Gasteiger partial charge < -0.3 is 14.6 Å². The first-order chi connectivity index (χ1) is 10.3. The fourth-order valence-corrected chi connectivity index (χ4v) is 2.66. The zero-order valence-corrected chi connectivity index (χ0v) is 12.4. The maximum atomic E-state index is 9.38. The van der Waals surface area contributed by atoms with Gasteiger partial charge in [0.05, 0.1) is 31.0 Å². The molecule has 1 aliphatic rings. The average Bonchev–Trinajstić information content (AvgIpc) is 2.94. The number of methoxy groups -OCH3 is 1. The van der Waals surface area contributed by atoms with Crippen LogP contribution in [0.4, 0.5) is 0 Å². The molecule has 1 heterocycles. The normalized spacial score (nSPS) is 22.1. The summed E-state index contributed by atoms with van der Waals surface area (Å²) in [6.07, 6.45) is 2.01. The van der Waals surface area contributed by atoms with Crippen LogP contribution in [0.1, 0.15) is 18.4 Å². The molecule has 1 aromatic rings. The molecule has 114 valence electrons. The Kier molecular flexibility index (Phi) is 6.00. The Hall–Kier alpha value is -1.61. The number of hydrogen-bond acceptors (Lipinski definition) is 5. The third-order valence-corrected chi connectivity index (χ3v) is 3.88. The summed E-state index contributed by atoms with van der Waals surface area (Å²) in [4.78, 5) is 2.26. The van der Waals surface area contributed by atoms with Crippen LogP contribution in [0, 0.1) is 11.3 Å². The van der Waals surface area contributed by atoms with Gasteiger partial charge in [-0.2, -0.15) is 5.26 Å². The average molecular weight is 290 g/mol. The molecule has 0 spiro atoms. The highest BCUT2D eigenvalue weighted by molar-refractivity contribution is 5.34. The van der Waals surface area contributed by atoms with Crippen LogP contribution in [0.25, 0.3) is 0 Å². The Labute approximate surface area is 125 Å². The zero-order valence-electron chi connectivity index (χ0n) is 12.4. The van der Waals surface area contributed by atoms with Gasteiger partial charge in [-0.05, 0) is 37.1 Å². The van der Waals surface area contributed by atoms with Gasteiger partial charge in [0.1, 0.15) is 5.75 Å². The molecule has 0 saturated carbocycles. The van der Waals surface area contributed by atoms with Crippen LogP contribution in [-0.2, 0) is 4.74 Å². The summed E-state index contributed by atoms with van der Waals surface area (Å²) in [5.74, 6) is 0.781. The second-order valence-electron chi connectivity index (χ2n) is 5.26. The Bertz CT molecular complexity index is 469. The van der Waals surface area contributed by atoms with Crippen molar-refractivity contribution >= 4 is 0 Å². The molecule has 2 atom stereocenters. The summed E-state index contributed by atoms with van der Waals surface area (Å²) in [6, 6.07) is 9.40. The van der Waals surface area contributed by atoms with E-state index >= 15 is 0 Å². The van der Waals surface area contributed by atoms with Gasteiger partial charge in [0, 0.05) is 26.2 Å². The standard InChI is InChI=1S/C16H22N2O3/c1-20-16-9-14(12-19)18(11-16)7-2-8-21-15-5-3-13(10-17)4-6-15/h3-6,14,16,19H,2,7-9,11-12H2,1H3/t14-,16+/m0/s1. The number of aliphatic hydroxyl groups excluding tert-OH is 1. The smallest absolute Gasteiger partial charge is 0.119 e. The minimum absolute atomic E-state index is 0.177. The molecule has 1 saturated heterocycles. The first-order valence-electron chi connectivity index (χ1n) is 7.27. The number of ether oxygens (including phenoxy) is 2. The van der Waals surface area contributed by atoms with E-state index in [1.54, 1.807) is 19.2 Å². The Morgan fingerprint density at radius 3 is 2.76 bits per heavy atom. The van der Waals surface area contributed by atoms with Crippen molar-refractivity contribution in [3.63, 3.8) is 0 Å². The van der Waals surface area contributed by atoms with Crippen LogP contribution in [0.5, 0.6) is 5.75 Å². The molecule has 1 N–H and O–H groups in total. The zero-order chi connectivity index (χ0) is 15.1. The van der Waals surface area contributed by atoms with E-state index in [1.165, 1.54) is 0 Å². The van der Waals surface area contributed by atoms with E-state index in [2.05, 4.69) is 11.0 Å². The van der Waals surface area contributed by atoms with E-state index in [1.807, 2.05) is 12.1 Å². The van der Waals surface area contributed by atoms with Crippen molar-refractivity contribution in [2.24, 2.45) is 0 Å². The molecule has 0 aliphatic carbocycles. The van der Waals surface area contributed by atoms with Crippen LogP contribution in [0.2, 0.25) is 0 Å². The predicted octanol–water partition coefficient (Wildman–Crippen LogP) is 1.41. The van der Waals surface area contributed by atoms with Gasteiger partial charge in [-0.1, -0.05) is 0 Å². The lowest BCUT2D eigenvalue weighted by molar-refractivity contribution is 0.107. The van der Waals surface area contributed by atoms with Crippen LogP contribution < -0.4 is 4.74 Å². The third-order valence-electron chi connectivity index (χ3n) is 3.88. The van der Waals surface area contributed by atoms with Crippen molar-refractivity contribution < 1.29 is 14.6 Å². The number of benzene rings is 1. The molecular formula is C16H22N2O3. The largest absolute Gasteiger partial charge is 0.494 e. The first-order valence-corrected chi connectivity index (χ1v) is 7.27. The minimum atomic E-state index is 0.177. The van der Waals surface area contributed by atoms with Crippen LogP contribution >= 0.6 is 0 Å². The molecule has 21 heavy (non-hydrogen) atoms. The van der Waals surface area contributed by atoms with E-state index in [0.717, 1.165) is 31.7 Å². The van der Waals surface area contributed by atoms with Crippen LogP contribution in [-0.4, -0.2) is 55.6 Å². The molecule has 0 bridgehead atoms. The Morgan fingerprint density at radius 1 is 1.38 bits per heavy atom. The van der Waals surface area contributed by atoms with Crippen molar-refractivity contribution in [1.82, 2.24) is 4.90 Å². The van der Waals surface area contributed by atoms with Gasteiger partial charge in [0.2, 0.25) is 0 Å². The molecule has 1 aromatic carbocycles. The number of hydrogen-bond donors (Lipinski definition) is 1. The summed E-state index contributed by atoms with van der Waals surface area (Å²) in [5, 5.41) is 18.1. The van der Waals surface area contributed by atoms with E-state index in [0.29, 0.717) is 12.2 Å². The maximum absolute atomic E-state index is 9.38. The lowest BCUT2D eigenvalue weighted by Crippen LogP contribution is -2.34. The summed E-state index contributed by atoms with van der Waals surface area (Å²) in [7, 11) is 1.72. The van der Waals surface area contributed by atoms with E-state index < -0.39 is 0 Å². The molecule has 5 heteroatoms. The van der Waals surface area contributed by atoms with Gasteiger partial charge in [-0.3, -0.25) is 4.90 Å². The molecule has 0 aromatic heterocycles. The van der Waals surface area contributed by atoms with Crippen LogP contribution in [0.3, 0.4) is 0 Å². The number of rotatable bonds is 7. The van der Waals surface area contributed by atoms with Gasteiger partial charge in [-0.15, -0.1) is 0 Å². The highest BCUT2D eigenvalue weighted by Gasteiger charge is 2.30. The van der Waals surface area contributed by atoms with Crippen molar-refractivity contribution in [3.8, 4) is 11.8 Å². The molecular weight excluding hydrogens is 268 g/mol. The van der Waals surface area contributed by atoms with Crippen LogP contribution in [0.15, 0.2) is 24.3 Å². The highest BCUT2D eigenvalue weighted by atomic mass is 16.5. The topological polar surface area (TPSA) is 65.7 Å². The van der Waals surface area contributed by atoms with Gasteiger partial charge >= 0.3 is 0 Å². The van der Waals surface area contributed by atoms with Gasteiger partial charge in [0.15, 0.2) is 0 Å². The van der Waals surface area contributed by atoms with E-state index in [9.17, 15) is 5.11 Å². The molecule has 0 unspecified atom stereocenters. The van der Waals surface area contributed by atoms with Crippen molar-refractivity contribution in [2.45, 2.75) is 25.0 Å². The predicted molar refractivity (Wildman–Crippen MR) is 79.1 cm³/mol. The number of nitriles is 1. The fourth-order valence-electron chi connectivity index (χ4n) is 2.66. The monoisotopic (exact) mass is 290 g/mol. The lowest BCUT2D eigenvalue weighted by atomic mass is 10.2. The summed E-state index contributed by atoms with van der Waals surface area (Å²) >= 11 is 0. The summed E-state index contributed by atoms with van der Waals surface area (Å²) in [6.45, 7) is 2.56. The second kappa shape index (κ2) is 7.99. The Morgan fingerprint density at radius 2 is 2.14 bits per heavy atom. The van der Waals surface area contributed by atoms with Gasteiger partial charge in [0.25, 0.3) is 0 Å². The molecule has 1 fully saturated rings. The SMILES string of the molecule is CO[C@@H]1C[C@@H](CO)N(CCCOc2ccc(C#N)cc2)C1. The fraction of sp³-hybridized carbons (Fsp3) is 0.562. The van der Waals surface area contributed by atoms with Crippen molar-refractivity contribution in [3.05, 3.63) is 29.8 Å². The second-order valence-corrected chi connectivity index (χ2v) is 5.26. The van der Waals surface area contributed by atoms with E-state index in [4.69, 9.17) is 14.7 Å². The molecule has 0 amide bonds. The molecule has 5 nitrogen and oxygen atoms in total. The third kappa shape index (κ3) is 4.43. The van der Waals surface area contributed by atoms with E-state index in [-0.39, 0.29) is 18.8 Å². The lowest BCUT2D eigenvalue weighted by Gasteiger charge is -2.22. The van der Waals surface area contributed by atoms with Gasteiger partial charge in [-0.25, -0.2) is 0 Å². The van der Waals surface area contributed by atoms with Crippen molar-refractivity contribution in [2.75, 3.05) is 33.4 Å². The Balaban J connectivity index is 1.70. The molecule has 2 rings (SSSR count). The summed E-state index contributed by atoms with van der Waals surface area (Å²) < 4.78 is 11.0. The van der Waals surface area contributed by atoms with Crippen molar-refractivity contribution in [1.29, 1.82) is 5.26 Å². The molecule has 1 aliphatic heterocycles. The number of nitrogens with zero attached hydrogens (tertiary/aromatic N) is 2. The first kappa shape index (κ1) is 15.8.